The lowest BCUT2D eigenvalue weighted by molar-refractivity contribution is 0.102. The maximum atomic E-state index is 12.4. The summed E-state index contributed by atoms with van der Waals surface area (Å²) >= 11 is 12.1. The zero-order valence-electron chi connectivity index (χ0n) is 11.7. The smallest absolute Gasteiger partial charge is 0.257 e. The van der Waals surface area contributed by atoms with Crippen LogP contribution < -0.4 is 10.6 Å². The highest BCUT2D eigenvalue weighted by molar-refractivity contribution is 6.34. The van der Waals surface area contributed by atoms with Crippen LogP contribution in [0.15, 0.2) is 30.5 Å². The normalized spacial score (nSPS) is 10.3. The molecule has 21 heavy (non-hydrogen) atoms. The van der Waals surface area contributed by atoms with Gasteiger partial charge >= 0.3 is 0 Å². The summed E-state index contributed by atoms with van der Waals surface area (Å²) in [4.78, 5) is 16.5. The van der Waals surface area contributed by atoms with E-state index in [4.69, 9.17) is 23.2 Å². The van der Waals surface area contributed by atoms with Gasteiger partial charge < -0.3 is 10.6 Å². The van der Waals surface area contributed by atoms with Crippen LogP contribution in [-0.4, -0.2) is 17.4 Å². The number of nitrogens with zero attached hydrogens (tertiary/aromatic N) is 1. The number of carbonyl (C=O) groups excluding carboxylic acids is 1. The fraction of sp³-hybridized carbons (Fsp3) is 0.200. The molecule has 2 N–H and O–H groups in total. The third kappa shape index (κ3) is 3.65. The number of amides is 1. The molecule has 1 amide bonds. The minimum Gasteiger partial charge on any atom is -0.370 e. The Bertz CT molecular complexity index is 674. The number of rotatable bonds is 4. The van der Waals surface area contributed by atoms with Gasteiger partial charge in [0.15, 0.2) is 0 Å². The molecule has 0 saturated heterocycles. The summed E-state index contributed by atoms with van der Waals surface area (Å²) in [6.45, 7) is 4.50. The zero-order chi connectivity index (χ0) is 15.4. The molecule has 0 saturated carbocycles. The number of carbonyl (C=O) groups is 1. The molecule has 0 aliphatic rings. The lowest BCUT2D eigenvalue weighted by atomic mass is 10.2. The zero-order valence-corrected chi connectivity index (χ0v) is 13.2. The molecule has 1 aromatic carbocycles. The van der Waals surface area contributed by atoms with Gasteiger partial charge in [-0.05, 0) is 37.6 Å². The first-order valence-electron chi connectivity index (χ1n) is 6.48. The molecule has 0 bridgehead atoms. The van der Waals surface area contributed by atoms with Gasteiger partial charge in [-0.15, -0.1) is 0 Å². The summed E-state index contributed by atoms with van der Waals surface area (Å²) < 4.78 is 0. The fourth-order valence-electron chi connectivity index (χ4n) is 1.82. The number of aromatic nitrogens is 1. The van der Waals surface area contributed by atoms with Crippen molar-refractivity contribution in [3.8, 4) is 0 Å². The molecule has 0 spiro atoms. The predicted molar refractivity (Wildman–Crippen MR) is 87.6 cm³/mol. The Labute approximate surface area is 133 Å². The van der Waals surface area contributed by atoms with E-state index in [0.29, 0.717) is 33.7 Å². The average Bonchev–Trinajstić information content (AvgIpc) is 2.46. The van der Waals surface area contributed by atoms with Gasteiger partial charge in [0, 0.05) is 23.5 Å². The predicted octanol–water partition coefficient (Wildman–Crippen LogP) is 4.38. The average molecular weight is 324 g/mol. The summed E-state index contributed by atoms with van der Waals surface area (Å²) in [5.41, 5.74) is 1.83. The van der Waals surface area contributed by atoms with E-state index in [0.717, 1.165) is 5.56 Å². The highest BCUT2D eigenvalue weighted by atomic mass is 35.5. The molecular formula is C15H15Cl2N3O. The molecule has 1 aromatic heterocycles. The van der Waals surface area contributed by atoms with Gasteiger partial charge in [0.2, 0.25) is 0 Å². The van der Waals surface area contributed by atoms with Gasteiger partial charge in [-0.3, -0.25) is 4.79 Å². The Kier molecular flexibility index (Phi) is 5.04. The van der Waals surface area contributed by atoms with Crippen molar-refractivity contribution in [2.24, 2.45) is 0 Å². The molecule has 0 aliphatic heterocycles. The van der Waals surface area contributed by atoms with Gasteiger partial charge in [-0.1, -0.05) is 29.3 Å². The number of pyridine rings is 1. The van der Waals surface area contributed by atoms with Crippen LogP contribution in [0.25, 0.3) is 0 Å². The molecule has 1 heterocycles. The molecule has 0 aliphatic carbocycles. The van der Waals surface area contributed by atoms with Crippen LogP contribution >= 0.6 is 23.2 Å². The molecule has 0 atom stereocenters. The maximum absolute atomic E-state index is 12.4. The van der Waals surface area contributed by atoms with Crippen molar-refractivity contribution in [1.82, 2.24) is 4.98 Å². The molecule has 6 heteroatoms. The Balaban J connectivity index is 2.28. The molecule has 0 fully saturated rings. The number of nitrogens with one attached hydrogen (secondary N) is 2. The SMILES string of the molecule is CCNc1cc(C(=O)Nc2cccc(Cl)c2C)c(Cl)cn1. The summed E-state index contributed by atoms with van der Waals surface area (Å²) in [6, 6.07) is 6.97. The van der Waals surface area contributed by atoms with E-state index in [1.54, 1.807) is 24.3 Å². The number of halogens is 2. The summed E-state index contributed by atoms with van der Waals surface area (Å²) in [5.74, 6) is 0.307. The Morgan fingerprint density at radius 3 is 2.76 bits per heavy atom. The van der Waals surface area contributed by atoms with Crippen LogP contribution in [0.1, 0.15) is 22.8 Å². The number of hydrogen-bond donors (Lipinski definition) is 2. The lowest BCUT2D eigenvalue weighted by Crippen LogP contribution is -2.14. The van der Waals surface area contributed by atoms with Crippen LogP contribution in [0.3, 0.4) is 0 Å². The van der Waals surface area contributed by atoms with E-state index in [1.807, 2.05) is 13.8 Å². The number of benzene rings is 1. The molecule has 0 radical (unpaired) electrons. The first kappa shape index (κ1) is 15.6. The lowest BCUT2D eigenvalue weighted by Gasteiger charge is -2.11. The minimum absolute atomic E-state index is 0.299. The van der Waals surface area contributed by atoms with Crippen LogP contribution in [0.5, 0.6) is 0 Å². The van der Waals surface area contributed by atoms with Gasteiger partial charge in [0.05, 0.1) is 10.6 Å². The van der Waals surface area contributed by atoms with E-state index in [2.05, 4.69) is 15.6 Å². The van der Waals surface area contributed by atoms with Crippen molar-refractivity contribution in [2.75, 3.05) is 17.2 Å². The van der Waals surface area contributed by atoms with E-state index >= 15 is 0 Å². The molecular weight excluding hydrogens is 309 g/mol. The van der Waals surface area contributed by atoms with Crippen molar-refractivity contribution in [1.29, 1.82) is 0 Å². The first-order valence-corrected chi connectivity index (χ1v) is 7.24. The van der Waals surface area contributed by atoms with Crippen LogP contribution in [-0.2, 0) is 0 Å². The summed E-state index contributed by atoms with van der Waals surface area (Å²) in [7, 11) is 0. The van der Waals surface area contributed by atoms with Crippen molar-refractivity contribution < 1.29 is 4.79 Å². The Hall–Kier alpha value is -1.78. The van der Waals surface area contributed by atoms with Crippen LogP contribution in [0.4, 0.5) is 11.5 Å². The van der Waals surface area contributed by atoms with Crippen LogP contribution in [0, 0.1) is 6.92 Å². The second-order valence-electron chi connectivity index (χ2n) is 4.45. The molecule has 4 nitrogen and oxygen atoms in total. The third-order valence-electron chi connectivity index (χ3n) is 2.97. The molecule has 2 aromatic rings. The largest absolute Gasteiger partial charge is 0.370 e. The molecule has 110 valence electrons. The summed E-state index contributed by atoms with van der Waals surface area (Å²) in [6.07, 6.45) is 1.46. The Morgan fingerprint density at radius 2 is 2.05 bits per heavy atom. The first-order chi connectivity index (χ1) is 10.0. The number of anilines is 2. The summed E-state index contributed by atoms with van der Waals surface area (Å²) in [5, 5.41) is 6.76. The molecule has 2 rings (SSSR count). The highest BCUT2D eigenvalue weighted by Crippen LogP contribution is 2.25. The minimum atomic E-state index is -0.299. The second-order valence-corrected chi connectivity index (χ2v) is 5.26. The van der Waals surface area contributed by atoms with Crippen molar-refractivity contribution >= 4 is 40.6 Å². The number of hydrogen-bond acceptors (Lipinski definition) is 3. The van der Waals surface area contributed by atoms with E-state index in [9.17, 15) is 4.79 Å². The van der Waals surface area contributed by atoms with Crippen molar-refractivity contribution in [3.05, 3.63) is 51.6 Å². The van der Waals surface area contributed by atoms with Crippen molar-refractivity contribution in [3.63, 3.8) is 0 Å². The van der Waals surface area contributed by atoms with Crippen LogP contribution in [0.2, 0.25) is 10.0 Å². The highest BCUT2D eigenvalue weighted by Gasteiger charge is 2.14. The van der Waals surface area contributed by atoms with E-state index in [-0.39, 0.29) is 5.91 Å². The third-order valence-corrected chi connectivity index (χ3v) is 3.68. The monoisotopic (exact) mass is 323 g/mol. The Morgan fingerprint density at radius 1 is 1.29 bits per heavy atom. The van der Waals surface area contributed by atoms with Gasteiger partial charge in [0.1, 0.15) is 5.82 Å². The fourth-order valence-corrected chi connectivity index (χ4v) is 2.19. The van der Waals surface area contributed by atoms with E-state index in [1.165, 1.54) is 6.20 Å². The molecule has 0 unspecified atom stereocenters. The standard InChI is InChI=1S/C15H15Cl2N3O/c1-3-18-14-7-10(12(17)8-19-14)15(21)20-13-6-4-5-11(16)9(13)2/h4-8H,3H2,1-2H3,(H,18,19)(H,20,21). The van der Waals surface area contributed by atoms with Gasteiger partial charge in [0.25, 0.3) is 5.91 Å². The quantitative estimate of drug-likeness (QED) is 0.877. The van der Waals surface area contributed by atoms with Gasteiger partial charge in [-0.25, -0.2) is 4.98 Å². The second kappa shape index (κ2) is 6.78. The maximum Gasteiger partial charge on any atom is 0.257 e. The van der Waals surface area contributed by atoms with Gasteiger partial charge in [-0.2, -0.15) is 0 Å². The van der Waals surface area contributed by atoms with E-state index < -0.39 is 0 Å². The van der Waals surface area contributed by atoms with Crippen molar-refractivity contribution in [2.45, 2.75) is 13.8 Å². The topological polar surface area (TPSA) is 54.0 Å².